The van der Waals surface area contributed by atoms with Crippen LogP contribution in [0.3, 0.4) is 0 Å². The van der Waals surface area contributed by atoms with Crippen LogP contribution in [-0.4, -0.2) is 30.4 Å². The fourth-order valence-electron chi connectivity index (χ4n) is 3.70. The largest absolute Gasteiger partial charge is 0.496 e. The first-order valence-electron chi connectivity index (χ1n) is 10.2. The normalized spacial score (nSPS) is 13.8. The van der Waals surface area contributed by atoms with E-state index in [4.69, 9.17) is 4.74 Å². The summed E-state index contributed by atoms with van der Waals surface area (Å²) < 4.78 is 5.46. The number of ether oxygens (including phenoxy) is 1. The third kappa shape index (κ3) is 4.97. The Morgan fingerprint density at radius 1 is 1.17 bits per heavy atom. The van der Waals surface area contributed by atoms with Crippen LogP contribution in [-0.2, 0) is 17.9 Å². The van der Waals surface area contributed by atoms with E-state index in [1.54, 1.807) is 7.11 Å². The van der Waals surface area contributed by atoms with Crippen molar-refractivity contribution in [2.24, 2.45) is 0 Å². The molecule has 0 aliphatic carbocycles. The predicted octanol–water partition coefficient (Wildman–Crippen LogP) is 4.18. The maximum atomic E-state index is 12.8. The summed E-state index contributed by atoms with van der Waals surface area (Å²) >= 11 is 0. The molecule has 154 valence electrons. The van der Waals surface area contributed by atoms with Crippen LogP contribution in [0.25, 0.3) is 0 Å². The number of nitrogens with one attached hydrogen (secondary N) is 1. The van der Waals surface area contributed by atoms with Crippen LogP contribution in [0, 0.1) is 6.92 Å². The molecule has 0 unspecified atom stereocenters. The van der Waals surface area contributed by atoms with Gasteiger partial charge in [-0.3, -0.25) is 9.59 Å². The summed E-state index contributed by atoms with van der Waals surface area (Å²) in [4.78, 5) is 26.4. The molecule has 1 saturated heterocycles. The quantitative estimate of drug-likeness (QED) is 0.766. The monoisotopic (exact) mass is 394 g/mol. The minimum Gasteiger partial charge on any atom is -0.496 e. The molecule has 0 spiro atoms. The topological polar surface area (TPSA) is 58.6 Å². The van der Waals surface area contributed by atoms with Crippen molar-refractivity contribution in [3.8, 4) is 5.75 Å². The van der Waals surface area contributed by atoms with Crippen LogP contribution >= 0.6 is 0 Å². The highest BCUT2D eigenvalue weighted by molar-refractivity contribution is 5.96. The van der Waals surface area contributed by atoms with E-state index in [0.29, 0.717) is 25.1 Å². The van der Waals surface area contributed by atoms with Crippen LogP contribution < -0.4 is 10.1 Å². The Bertz CT molecular complexity index is 888. The molecule has 0 bridgehead atoms. The smallest absolute Gasteiger partial charge is 0.251 e. The standard InChI is InChI=1S/C24H30N2O3/c1-16(2)20-13-21(17(3)12-22(20)29-4)24(28)25-14-18-7-9-19(10-8-18)15-26-11-5-6-23(26)27/h7-10,12-13,16H,5-6,11,14-15H2,1-4H3,(H,25,28). The summed E-state index contributed by atoms with van der Waals surface area (Å²) in [7, 11) is 1.66. The summed E-state index contributed by atoms with van der Waals surface area (Å²) in [5.41, 5.74) is 4.75. The Morgan fingerprint density at radius 3 is 2.45 bits per heavy atom. The lowest BCUT2D eigenvalue weighted by Gasteiger charge is -2.16. The fraction of sp³-hybridized carbons (Fsp3) is 0.417. The molecule has 5 heteroatoms. The van der Waals surface area contributed by atoms with Crippen LogP contribution in [0.1, 0.15) is 65.2 Å². The zero-order chi connectivity index (χ0) is 21.0. The summed E-state index contributed by atoms with van der Waals surface area (Å²) in [5, 5.41) is 3.02. The lowest BCUT2D eigenvalue weighted by molar-refractivity contribution is -0.128. The molecule has 3 rings (SSSR count). The van der Waals surface area contributed by atoms with Gasteiger partial charge >= 0.3 is 0 Å². The second-order valence-electron chi connectivity index (χ2n) is 7.98. The van der Waals surface area contributed by atoms with E-state index >= 15 is 0 Å². The second-order valence-corrected chi connectivity index (χ2v) is 7.98. The summed E-state index contributed by atoms with van der Waals surface area (Å²) in [6.45, 7) is 8.07. The van der Waals surface area contributed by atoms with Crippen LogP contribution in [0.2, 0.25) is 0 Å². The minimum atomic E-state index is -0.0845. The zero-order valence-electron chi connectivity index (χ0n) is 17.7. The van der Waals surface area contributed by atoms with E-state index < -0.39 is 0 Å². The highest BCUT2D eigenvalue weighted by atomic mass is 16.5. The van der Waals surface area contributed by atoms with Crippen molar-refractivity contribution in [2.75, 3.05) is 13.7 Å². The highest BCUT2D eigenvalue weighted by Gasteiger charge is 2.20. The fourth-order valence-corrected chi connectivity index (χ4v) is 3.70. The average molecular weight is 395 g/mol. The molecule has 1 fully saturated rings. The summed E-state index contributed by atoms with van der Waals surface area (Å²) in [5.74, 6) is 1.24. The molecule has 2 aromatic carbocycles. The third-order valence-corrected chi connectivity index (χ3v) is 5.46. The van der Waals surface area contributed by atoms with Gasteiger partial charge in [0.15, 0.2) is 0 Å². The van der Waals surface area contributed by atoms with Crippen LogP contribution in [0.4, 0.5) is 0 Å². The SMILES string of the molecule is COc1cc(C)c(C(=O)NCc2ccc(CN3CCCC3=O)cc2)cc1C(C)C. The van der Waals surface area contributed by atoms with Gasteiger partial charge in [-0.25, -0.2) is 0 Å². The van der Waals surface area contributed by atoms with Gasteiger partial charge in [-0.1, -0.05) is 38.1 Å². The van der Waals surface area contributed by atoms with Gasteiger partial charge in [0.1, 0.15) is 5.75 Å². The van der Waals surface area contributed by atoms with E-state index in [1.807, 2.05) is 48.2 Å². The number of methoxy groups -OCH3 is 1. The van der Waals surface area contributed by atoms with Gasteiger partial charge in [-0.2, -0.15) is 0 Å². The van der Waals surface area contributed by atoms with Crippen molar-refractivity contribution >= 4 is 11.8 Å². The van der Waals surface area contributed by atoms with Crippen molar-refractivity contribution < 1.29 is 14.3 Å². The Labute approximate surface area is 173 Å². The molecule has 2 amide bonds. The maximum Gasteiger partial charge on any atom is 0.251 e. The first-order chi connectivity index (χ1) is 13.9. The van der Waals surface area contributed by atoms with Gasteiger partial charge < -0.3 is 15.0 Å². The van der Waals surface area contributed by atoms with E-state index in [-0.39, 0.29) is 17.7 Å². The Kier molecular flexibility index (Phi) is 6.57. The lowest BCUT2D eigenvalue weighted by Crippen LogP contribution is -2.24. The molecular weight excluding hydrogens is 364 g/mol. The average Bonchev–Trinajstić information content (AvgIpc) is 3.11. The first kappa shape index (κ1) is 20.9. The molecule has 0 saturated carbocycles. The van der Waals surface area contributed by atoms with Crippen LogP contribution in [0.5, 0.6) is 5.75 Å². The molecule has 0 atom stereocenters. The van der Waals surface area contributed by atoms with Gasteiger partial charge in [-0.15, -0.1) is 0 Å². The van der Waals surface area contributed by atoms with Crippen molar-refractivity contribution in [1.29, 1.82) is 0 Å². The number of carbonyl (C=O) groups excluding carboxylic acids is 2. The number of hydrogen-bond acceptors (Lipinski definition) is 3. The summed E-state index contributed by atoms with van der Waals surface area (Å²) in [6, 6.07) is 11.9. The second kappa shape index (κ2) is 9.12. The number of rotatable bonds is 7. The zero-order valence-corrected chi connectivity index (χ0v) is 17.7. The van der Waals surface area contributed by atoms with E-state index in [2.05, 4.69) is 19.2 Å². The number of benzene rings is 2. The first-order valence-corrected chi connectivity index (χ1v) is 10.2. The van der Waals surface area contributed by atoms with E-state index in [1.165, 1.54) is 0 Å². The highest BCUT2D eigenvalue weighted by Crippen LogP contribution is 2.29. The maximum absolute atomic E-state index is 12.8. The number of amides is 2. The predicted molar refractivity (Wildman–Crippen MR) is 114 cm³/mol. The number of likely N-dealkylation sites (tertiary alicyclic amines) is 1. The molecule has 2 aromatic rings. The van der Waals surface area contributed by atoms with Crippen LogP contribution in [0.15, 0.2) is 36.4 Å². The molecule has 1 aliphatic heterocycles. The molecule has 0 radical (unpaired) electrons. The molecule has 5 nitrogen and oxygen atoms in total. The number of nitrogens with zero attached hydrogens (tertiary/aromatic N) is 1. The number of carbonyl (C=O) groups is 2. The summed E-state index contributed by atoms with van der Waals surface area (Å²) in [6.07, 6.45) is 1.61. The van der Waals surface area contributed by atoms with E-state index in [0.717, 1.165) is 41.0 Å². The molecule has 1 heterocycles. The van der Waals surface area contributed by atoms with Gasteiger partial charge in [0.2, 0.25) is 5.91 Å². The van der Waals surface area contributed by atoms with Gasteiger partial charge in [0.25, 0.3) is 5.91 Å². The Balaban J connectivity index is 1.63. The lowest BCUT2D eigenvalue weighted by atomic mass is 9.96. The van der Waals surface area contributed by atoms with Crippen molar-refractivity contribution in [2.45, 2.75) is 52.6 Å². The number of hydrogen-bond donors (Lipinski definition) is 1. The third-order valence-electron chi connectivity index (χ3n) is 5.46. The molecule has 29 heavy (non-hydrogen) atoms. The van der Waals surface area contributed by atoms with Crippen molar-refractivity contribution in [3.05, 3.63) is 64.2 Å². The van der Waals surface area contributed by atoms with Gasteiger partial charge in [0, 0.05) is 31.6 Å². The van der Waals surface area contributed by atoms with Crippen molar-refractivity contribution in [3.63, 3.8) is 0 Å². The van der Waals surface area contributed by atoms with Gasteiger partial charge in [0.05, 0.1) is 7.11 Å². The minimum absolute atomic E-state index is 0.0845. The van der Waals surface area contributed by atoms with Crippen molar-refractivity contribution in [1.82, 2.24) is 10.2 Å². The Hall–Kier alpha value is -2.82. The number of aryl methyl sites for hydroxylation is 1. The Morgan fingerprint density at radius 2 is 1.86 bits per heavy atom. The van der Waals surface area contributed by atoms with Gasteiger partial charge in [-0.05, 0) is 53.6 Å². The molecule has 1 aliphatic rings. The molecule has 1 N–H and O–H groups in total. The molecule has 0 aromatic heterocycles. The molecular formula is C24H30N2O3. The van der Waals surface area contributed by atoms with E-state index in [9.17, 15) is 9.59 Å².